The summed E-state index contributed by atoms with van der Waals surface area (Å²) in [7, 11) is 1.61. The fourth-order valence-electron chi connectivity index (χ4n) is 3.53. The van der Waals surface area contributed by atoms with E-state index in [1.807, 2.05) is 53.4 Å². The molecular formula is C26H23ClN2O2. The van der Waals surface area contributed by atoms with Crippen LogP contribution in [-0.2, 0) is 13.0 Å². The van der Waals surface area contributed by atoms with Crippen LogP contribution < -0.4 is 4.74 Å². The summed E-state index contributed by atoms with van der Waals surface area (Å²) in [5.74, 6) is 0.664. The first-order valence-electron chi connectivity index (χ1n) is 10.2. The first-order valence-corrected chi connectivity index (χ1v) is 10.5. The Morgan fingerprint density at radius 3 is 2.42 bits per heavy atom. The highest BCUT2D eigenvalue weighted by molar-refractivity contribution is 6.30. The molecular weight excluding hydrogens is 408 g/mol. The zero-order chi connectivity index (χ0) is 21.6. The van der Waals surface area contributed by atoms with Gasteiger partial charge >= 0.3 is 0 Å². The van der Waals surface area contributed by atoms with Crippen LogP contribution in [0.2, 0.25) is 5.15 Å². The number of ether oxygens (including phenoxy) is 1. The number of pyridine rings is 1. The maximum absolute atomic E-state index is 13.4. The minimum Gasteiger partial charge on any atom is -0.497 e. The molecule has 0 aliphatic heterocycles. The zero-order valence-electron chi connectivity index (χ0n) is 17.3. The number of carbonyl (C=O) groups excluding carboxylic acids is 1. The Bertz CT molecular complexity index is 1180. The average molecular weight is 431 g/mol. The van der Waals surface area contributed by atoms with Gasteiger partial charge < -0.3 is 9.64 Å². The number of benzene rings is 3. The number of amides is 1. The topological polar surface area (TPSA) is 42.4 Å². The van der Waals surface area contributed by atoms with E-state index in [4.69, 9.17) is 16.3 Å². The molecule has 1 aromatic heterocycles. The Hall–Kier alpha value is -3.37. The molecule has 156 valence electrons. The Morgan fingerprint density at radius 2 is 1.68 bits per heavy atom. The van der Waals surface area contributed by atoms with Crippen molar-refractivity contribution in [3.8, 4) is 5.75 Å². The van der Waals surface area contributed by atoms with Crippen LogP contribution in [0.25, 0.3) is 10.9 Å². The third-order valence-electron chi connectivity index (χ3n) is 5.25. The van der Waals surface area contributed by atoms with Gasteiger partial charge in [0.25, 0.3) is 5.91 Å². The number of hydrogen-bond acceptors (Lipinski definition) is 3. The minimum absolute atomic E-state index is 0.0530. The smallest absolute Gasteiger partial charge is 0.254 e. The Labute approximate surface area is 187 Å². The highest BCUT2D eigenvalue weighted by Gasteiger charge is 2.18. The maximum atomic E-state index is 13.4. The molecule has 5 heteroatoms. The molecule has 0 bridgehead atoms. The second-order valence-corrected chi connectivity index (χ2v) is 7.68. The van der Waals surface area contributed by atoms with Gasteiger partial charge in [0, 0.05) is 29.6 Å². The van der Waals surface area contributed by atoms with Crippen molar-refractivity contribution in [3.63, 3.8) is 0 Å². The van der Waals surface area contributed by atoms with Gasteiger partial charge in [0.15, 0.2) is 0 Å². The standard InChI is InChI=1S/C26H23ClN2O2/c1-31-23-13-11-20(12-14-23)26(30)29(16-15-19-7-3-2-4-8-19)18-22-17-21-9-5-6-10-24(21)28-25(22)27/h2-14,17H,15-16,18H2,1H3. The number of rotatable bonds is 7. The van der Waals surface area contributed by atoms with E-state index < -0.39 is 0 Å². The fraction of sp³-hybridized carbons (Fsp3) is 0.154. The van der Waals surface area contributed by atoms with Gasteiger partial charge in [0.1, 0.15) is 10.9 Å². The number of nitrogens with zero attached hydrogens (tertiary/aromatic N) is 2. The molecule has 1 heterocycles. The van der Waals surface area contributed by atoms with E-state index in [1.165, 1.54) is 5.56 Å². The molecule has 0 saturated carbocycles. The monoisotopic (exact) mass is 430 g/mol. The summed E-state index contributed by atoms with van der Waals surface area (Å²) in [6.07, 6.45) is 0.751. The van der Waals surface area contributed by atoms with E-state index in [0.717, 1.165) is 22.9 Å². The van der Waals surface area contributed by atoms with Crippen LogP contribution in [-0.4, -0.2) is 29.4 Å². The van der Waals surface area contributed by atoms with Gasteiger partial charge in [0.2, 0.25) is 0 Å². The number of fused-ring (bicyclic) bond motifs is 1. The fourth-order valence-corrected chi connectivity index (χ4v) is 3.74. The van der Waals surface area contributed by atoms with Crippen LogP contribution in [0.15, 0.2) is 84.9 Å². The average Bonchev–Trinajstić information content (AvgIpc) is 2.82. The summed E-state index contributed by atoms with van der Waals surface area (Å²) in [6.45, 7) is 0.951. The Kier molecular flexibility index (Phi) is 6.48. The molecule has 31 heavy (non-hydrogen) atoms. The number of hydrogen-bond donors (Lipinski definition) is 0. The molecule has 3 aromatic carbocycles. The molecule has 0 unspecified atom stereocenters. The third-order valence-corrected chi connectivity index (χ3v) is 5.58. The Morgan fingerprint density at radius 1 is 0.968 bits per heavy atom. The van der Waals surface area contributed by atoms with Crippen molar-refractivity contribution in [2.75, 3.05) is 13.7 Å². The predicted molar refractivity (Wildman–Crippen MR) is 125 cm³/mol. The molecule has 0 atom stereocenters. The highest BCUT2D eigenvalue weighted by Crippen LogP contribution is 2.23. The number of methoxy groups -OCH3 is 1. The third kappa shape index (κ3) is 5.04. The first-order chi connectivity index (χ1) is 15.1. The molecule has 0 aliphatic carbocycles. The molecule has 4 nitrogen and oxygen atoms in total. The summed E-state index contributed by atoms with van der Waals surface area (Å²) >= 11 is 6.49. The number of carbonyl (C=O) groups is 1. The zero-order valence-corrected chi connectivity index (χ0v) is 18.0. The summed E-state index contributed by atoms with van der Waals surface area (Å²) in [6, 6.07) is 27.2. The van der Waals surface area contributed by atoms with Crippen molar-refractivity contribution in [1.82, 2.24) is 9.88 Å². The minimum atomic E-state index is -0.0530. The molecule has 0 fully saturated rings. The van der Waals surface area contributed by atoms with Gasteiger partial charge in [0.05, 0.1) is 12.6 Å². The molecule has 0 N–H and O–H groups in total. The van der Waals surface area contributed by atoms with Crippen molar-refractivity contribution < 1.29 is 9.53 Å². The lowest BCUT2D eigenvalue weighted by Crippen LogP contribution is -2.32. The second-order valence-electron chi connectivity index (χ2n) is 7.32. The van der Waals surface area contributed by atoms with Gasteiger partial charge in [-0.2, -0.15) is 0 Å². The van der Waals surface area contributed by atoms with E-state index in [1.54, 1.807) is 31.4 Å². The van der Waals surface area contributed by atoms with Crippen LogP contribution in [0.3, 0.4) is 0 Å². The summed E-state index contributed by atoms with van der Waals surface area (Å²) in [4.78, 5) is 19.7. The summed E-state index contributed by atoms with van der Waals surface area (Å²) in [5, 5.41) is 1.42. The van der Waals surface area contributed by atoms with E-state index in [9.17, 15) is 4.79 Å². The van der Waals surface area contributed by atoms with E-state index >= 15 is 0 Å². The highest BCUT2D eigenvalue weighted by atomic mass is 35.5. The van der Waals surface area contributed by atoms with E-state index in [-0.39, 0.29) is 5.91 Å². The normalized spacial score (nSPS) is 10.8. The number of halogens is 1. The lowest BCUT2D eigenvalue weighted by Gasteiger charge is -2.24. The van der Waals surface area contributed by atoms with Gasteiger partial charge in [-0.25, -0.2) is 4.98 Å². The van der Waals surface area contributed by atoms with Crippen LogP contribution in [0, 0.1) is 0 Å². The first kappa shape index (κ1) is 20.9. The molecule has 4 aromatic rings. The molecule has 4 rings (SSSR count). The molecule has 0 saturated heterocycles. The van der Waals surface area contributed by atoms with Gasteiger partial charge in [-0.1, -0.05) is 60.1 Å². The van der Waals surface area contributed by atoms with E-state index in [2.05, 4.69) is 17.1 Å². The number of para-hydroxylation sites is 1. The van der Waals surface area contributed by atoms with Crippen LogP contribution in [0.1, 0.15) is 21.5 Å². The number of aromatic nitrogens is 1. The Balaban J connectivity index is 1.62. The SMILES string of the molecule is COc1ccc(C(=O)N(CCc2ccccc2)Cc2cc3ccccc3nc2Cl)cc1. The molecule has 0 spiro atoms. The largest absolute Gasteiger partial charge is 0.497 e. The van der Waals surface area contributed by atoms with Crippen molar-refractivity contribution in [2.45, 2.75) is 13.0 Å². The lowest BCUT2D eigenvalue weighted by molar-refractivity contribution is 0.0745. The molecule has 0 radical (unpaired) electrons. The van der Waals surface area contributed by atoms with Crippen molar-refractivity contribution in [2.24, 2.45) is 0 Å². The quantitative estimate of drug-likeness (QED) is 0.349. The predicted octanol–water partition coefficient (Wildman–Crippen LogP) is 5.78. The van der Waals surface area contributed by atoms with Crippen molar-refractivity contribution in [1.29, 1.82) is 0 Å². The van der Waals surface area contributed by atoms with Crippen molar-refractivity contribution in [3.05, 3.63) is 107 Å². The lowest BCUT2D eigenvalue weighted by atomic mass is 10.1. The second kappa shape index (κ2) is 9.63. The van der Waals surface area contributed by atoms with Crippen LogP contribution >= 0.6 is 11.6 Å². The van der Waals surface area contributed by atoms with Crippen LogP contribution in [0.5, 0.6) is 5.75 Å². The maximum Gasteiger partial charge on any atom is 0.254 e. The van der Waals surface area contributed by atoms with Gasteiger partial charge in [-0.15, -0.1) is 0 Å². The van der Waals surface area contributed by atoms with Crippen molar-refractivity contribution >= 4 is 28.4 Å². The van der Waals surface area contributed by atoms with Crippen LogP contribution in [0.4, 0.5) is 0 Å². The molecule has 1 amide bonds. The van der Waals surface area contributed by atoms with E-state index in [0.29, 0.717) is 29.6 Å². The molecule has 0 aliphatic rings. The summed E-state index contributed by atoms with van der Waals surface area (Å²) in [5.41, 5.74) is 3.46. The summed E-state index contributed by atoms with van der Waals surface area (Å²) < 4.78 is 5.22. The van der Waals surface area contributed by atoms with Gasteiger partial charge in [-0.3, -0.25) is 4.79 Å². The van der Waals surface area contributed by atoms with Gasteiger partial charge in [-0.05, 0) is 48.4 Å².